The lowest BCUT2D eigenvalue weighted by molar-refractivity contribution is -0.384. The summed E-state index contributed by atoms with van der Waals surface area (Å²) in [6.45, 7) is 4.41. The molecule has 0 saturated carbocycles. The second-order valence-electron chi connectivity index (χ2n) is 5.84. The molecule has 2 aromatic heterocycles. The number of pyridine rings is 1. The van der Waals surface area contributed by atoms with Gasteiger partial charge in [0.05, 0.1) is 10.2 Å². The Morgan fingerprint density at radius 2 is 1.89 bits per heavy atom. The average molecular weight is 398 g/mol. The summed E-state index contributed by atoms with van der Waals surface area (Å²) >= 11 is 1.30. The summed E-state index contributed by atoms with van der Waals surface area (Å²) in [6.07, 6.45) is 3.38. The highest BCUT2D eigenvalue weighted by atomic mass is 32.2. The minimum absolute atomic E-state index is 0.0277. The van der Waals surface area contributed by atoms with Gasteiger partial charge in [0.25, 0.3) is 5.69 Å². The first-order chi connectivity index (χ1) is 13.5. The Labute approximate surface area is 165 Å². The third-order valence-corrected chi connectivity index (χ3v) is 5.05. The van der Waals surface area contributed by atoms with E-state index in [2.05, 4.69) is 20.5 Å². The van der Waals surface area contributed by atoms with Crippen LogP contribution in [0.4, 0.5) is 11.4 Å². The number of rotatable bonds is 7. The molecule has 9 nitrogen and oxygen atoms in total. The third-order valence-electron chi connectivity index (χ3n) is 3.97. The molecule has 144 valence electrons. The van der Waals surface area contributed by atoms with Crippen molar-refractivity contribution in [3.05, 3.63) is 58.9 Å². The van der Waals surface area contributed by atoms with Crippen LogP contribution in [0.15, 0.2) is 53.9 Å². The highest BCUT2D eigenvalue weighted by Crippen LogP contribution is 2.27. The Kier molecular flexibility index (Phi) is 5.99. The number of nitrogens with one attached hydrogen (secondary N) is 1. The Morgan fingerprint density at radius 1 is 1.21 bits per heavy atom. The maximum atomic E-state index is 12.5. The molecule has 10 heteroatoms. The van der Waals surface area contributed by atoms with E-state index < -0.39 is 10.2 Å². The predicted octanol–water partition coefficient (Wildman–Crippen LogP) is 3.39. The number of hydrogen-bond donors (Lipinski definition) is 1. The molecule has 0 saturated heterocycles. The molecule has 1 atom stereocenters. The summed E-state index contributed by atoms with van der Waals surface area (Å²) < 4.78 is 1.94. The van der Waals surface area contributed by atoms with Crippen LogP contribution < -0.4 is 5.32 Å². The molecule has 0 aliphatic rings. The van der Waals surface area contributed by atoms with Gasteiger partial charge in [-0.05, 0) is 38.1 Å². The largest absolute Gasteiger partial charge is 0.325 e. The van der Waals surface area contributed by atoms with Gasteiger partial charge in [-0.15, -0.1) is 10.2 Å². The average Bonchev–Trinajstić information content (AvgIpc) is 3.11. The zero-order valence-electron chi connectivity index (χ0n) is 15.3. The van der Waals surface area contributed by atoms with Crippen molar-refractivity contribution in [2.24, 2.45) is 0 Å². The Bertz CT molecular complexity index is 975. The van der Waals surface area contributed by atoms with Crippen molar-refractivity contribution >= 4 is 29.0 Å². The fraction of sp³-hybridized carbons (Fsp3) is 0.222. The smallest absolute Gasteiger partial charge is 0.269 e. The zero-order valence-corrected chi connectivity index (χ0v) is 16.1. The lowest BCUT2D eigenvalue weighted by Crippen LogP contribution is -2.22. The van der Waals surface area contributed by atoms with E-state index in [9.17, 15) is 14.9 Å². The van der Waals surface area contributed by atoms with Crippen molar-refractivity contribution < 1.29 is 9.72 Å². The van der Waals surface area contributed by atoms with E-state index >= 15 is 0 Å². The number of non-ortho nitro benzene ring substituents is 1. The number of amides is 1. The van der Waals surface area contributed by atoms with Crippen molar-refractivity contribution in [2.75, 3.05) is 5.32 Å². The van der Waals surface area contributed by atoms with Gasteiger partial charge in [0.1, 0.15) is 0 Å². The fourth-order valence-electron chi connectivity index (χ4n) is 2.50. The zero-order chi connectivity index (χ0) is 20.1. The molecule has 0 spiro atoms. The number of carbonyl (C=O) groups is 1. The number of aromatic nitrogens is 4. The maximum Gasteiger partial charge on any atom is 0.269 e. The molecule has 0 fully saturated rings. The summed E-state index contributed by atoms with van der Waals surface area (Å²) in [5, 5.41) is 22.1. The molecule has 2 heterocycles. The normalized spacial score (nSPS) is 11.8. The first-order valence-electron chi connectivity index (χ1n) is 8.55. The van der Waals surface area contributed by atoms with Crippen LogP contribution in [-0.2, 0) is 11.3 Å². The summed E-state index contributed by atoms with van der Waals surface area (Å²) in [6, 6.07) is 9.42. The van der Waals surface area contributed by atoms with Crippen LogP contribution in [-0.4, -0.2) is 35.8 Å². The van der Waals surface area contributed by atoms with Gasteiger partial charge in [0, 0.05) is 42.3 Å². The van der Waals surface area contributed by atoms with Crippen LogP contribution >= 0.6 is 11.8 Å². The number of nitro benzene ring substituents is 1. The van der Waals surface area contributed by atoms with Crippen molar-refractivity contribution in [2.45, 2.75) is 30.8 Å². The molecule has 1 amide bonds. The molecule has 0 aliphatic carbocycles. The van der Waals surface area contributed by atoms with E-state index in [4.69, 9.17) is 0 Å². The third kappa shape index (κ3) is 4.34. The maximum absolute atomic E-state index is 12.5. The summed E-state index contributed by atoms with van der Waals surface area (Å²) in [5.74, 6) is 0.491. The first kappa shape index (κ1) is 19.5. The first-order valence-corrected chi connectivity index (χ1v) is 9.43. The summed E-state index contributed by atoms with van der Waals surface area (Å²) in [5.41, 5.74) is 1.37. The van der Waals surface area contributed by atoms with Gasteiger partial charge in [-0.1, -0.05) is 11.8 Å². The minimum Gasteiger partial charge on any atom is -0.325 e. The molecule has 3 rings (SSSR count). The van der Waals surface area contributed by atoms with Crippen LogP contribution in [0.5, 0.6) is 0 Å². The van der Waals surface area contributed by atoms with E-state index in [0.29, 0.717) is 17.4 Å². The van der Waals surface area contributed by atoms with Crippen LogP contribution in [0.2, 0.25) is 0 Å². The molecule has 3 aromatic rings. The van der Waals surface area contributed by atoms with Gasteiger partial charge in [-0.25, -0.2) is 0 Å². The minimum atomic E-state index is -0.484. The standard InChI is InChI=1S/C18H18N6O3S/c1-3-23-16(13-8-10-19-11-9-13)21-22-18(23)28-12(2)17(25)20-14-4-6-15(7-5-14)24(26)27/h4-12H,3H2,1-2H3,(H,20,25). The van der Waals surface area contributed by atoms with Crippen LogP contribution in [0, 0.1) is 10.1 Å². The molecule has 28 heavy (non-hydrogen) atoms. The highest BCUT2D eigenvalue weighted by Gasteiger charge is 2.20. The van der Waals surface area contributed by atoms with Gasteiger partial charge < -0.3 is 9.88 Å². The van der Waals surface area contributed by atoms with Crippen molar-refractivity contribution in [1.29, 1.82) is 0 Å². The Morgan fingerprint density at radius 3 is 2.50 bits per heavy atom. The number of carbonyl (C=O) groups excluding carboxylic acids is 1. The molecular formula is C18H18N6O3S. The highest BCUT2D eigenvalue weighted by molar-refractivity contribution is 8.00. The molecule has 0 bridgehead atoms. The van der Waals surface area contributed by atoms with Gasteiger partial charge in [0.15, 0.2) is 11.0 Å². The van der Waals surface area contributed by atoms with Crippen LogP contribution in [0.1, 0.15) is 13.8 Å². The van der Waals surface area contributed by atoms with Crippen molar-refractivity contribution in [3.8, 4) is 11.4 Å². The molecule has 0 radical (unpaired) electrons. The second kappa shape index (κ2) is 8.61. The van der Waals surface area contributed by atoms with E-state index in [1.54, 1.807) is 19.3 Å². The quantitative estimate of drug-likeness (QED) is 0.368. The van der Waals surface area contributed by atoms with E-state index in [1.807, 2.05) is 23.6 Å². The van der Waals surface area contributed by atoms with E-state index in [-0.39, 0.29) is 11.6 Å². The number of anilines is 1. The number of hydrogen-bond acceptors (Lipinski definition) is 7. The van der Waals surface area contributed by atoms with Gasteiger partial charge >= 0.3 is 0 Å². The second-order valence-corrected chi connectivity index (χ2v) is 7.15. The van der Waals surface area contributed by atoms with Crippen molar-refractivity contribution in [3.63, 3.8) is 0 Å². The predicted molar refractivity (Wildman–Crippen MR) is 106 cm³/mol. The van der Waals surface area contributed by atoms with Gasteiger partial charge in [-0.2, -0.15) is 0 Å². The number of nitrogens with zero attached hydrogens (tertiary/aromatic N) is 5. The topological polar surface area (TPSA) is 116 Å². The number of nitro groups is 1. The van der Waals surface area contributed by atoms with E-state index in [0.717, 1.165) is 11.4 Å². The molecule has 0 aliphatic heterocycles. The lowest BCUT2D eigenvalue weighted by Gasteiger charge is -2.12. The Hall–Kier alpha value is -3.27. The molecule has 1 N–H and O–H groups in total. The summed E-state index contributed by atoms with van der Waals surface area (Å²) in [4.78, 5) is 26.7. The Balaban J connectivity index is 1.70. The monoisotopic (exact) mass is 398 g/mol. The number of benzene rings is 1. The SMILES string of the molecule is CCn1c(SC(C)C(=O)Nc2ccc([N+](=O)[O-])cc2)nnc1-c1ccncc1. The number of thioether (sulfide) groups is 1. The molecular weight excluding hydrogens is 380 g/mol. The summed E-state index contributed by atoms with van der Waals surface area (Å²) in [7, 11) is 0. The van der Waals surface area contributed by atoms with Crippen LogP contribution in [0.3, 0.4) is 0 Å². The van der Waals surface area contributed by atoms with Crippen molar-refractivity contribution in [1.82, 2.24) is 19.7 Å². The fourth-order valence-corrected chi connectivity index (χ4v) is 3.41. The van der Waals surface area contributed by atoms with Gasteiger partial charge in [0.2, 0.25) is 5.91 Å². The lowest BCUT2D eigenvalue weighted by atomic mass is 10.2. The molecule has 1 unspecified atom stereocenters. The van der Waals surface area contributed by atoms with Gasteiger partial charge in [-0.3, -0.25) is 19.9 Å². The van der Waals surface area contributed by atoms with Crippen LogP contribution in [0.25, 0.3) is 11.4 Å². The molecule has 1 aromatic carbocycles. The van der Waals surface area contributed by atoms with E-state index in [1.165, 1.54) is 36.0 Å².